The Morgan fingerprint density at radius 3 is 2.77 bits per heavy atom. The molecule has 0 atom stereocenters. The predicted molar refractivity (Wildman–Crippen MR) is 43.7 cm³/mol. The summed E-state index contributed by atoms with van der Waals surface area (Å²) in [7, 11) is 1.18. The lowest BCUT2D eigenvalue weighted by Crippen LogP contribution is -2.04. The molecule has 0 saturated heterocycles. The summed E-state index contributed by atoms with van der Waals surface area (Å²) in [6.07, 6.45) is 0. The van der Waals surface area contributed by atoms with Crippen LogP contribution in [0.5, 0.6) is 0 Å². The number of rotatable bonds is 2. The standard InChI is InChI=1S/C9H9FO3/c1-13-9(12)7-3-2-6(5-11)4-8(7)10/h2-4,11H,5H2,1H3. The summed E-state index contributed by atoms with van der Waals surface area (Å²) in [5.74, 6) is -1.40. The molecule has 0 unspecified atom stereocenters. The second-order valence-corrected chi connectivity index (χ2v) is 2.46. The fourth-order valence-electron chi connectivity index (χ4n) is 0.932. The Balaban J connectivity index is 3.05. The first-order valence-electron chi connectivity index (χ1n) is 3.66. The van der Waals surface area contributed by atoms with Gasteiger partial charge in [0.1, 0.15) is 5.82 Å². The van der Waals surface area contributed by atoms with Gasteiger partial charge in [-0.25, -0.2) is 9.18 Å². The van der Waals surface area contributed by atoms with Gasteiger partial charge in [-0.2, -0.15) is 0 Å². The second kappa shape index (κ2) is 4.00. The molecule has 4 heteroatoms. The van der Waals surface area contributed by atoms with Crippen molar-refractivity contribution < 1.29 is 19.0 Å². The topological polar surface area (TPSA) is 46.5 Å². The van der Waals surface area contributed by atoms with Crippen LogP contribution in [0.3, 0.4) is 0 Å². The summed E-state index contributed by atoms with van der Waals surface area (Å²) >= 11 is 0. The van der Waals surface area contributed by atoms with Gasteiger partial charge in [0.15, 0.2) is 0 Å². The van der Waals surface area contributed by atoms with Gasteiger partial charge >= 0.3 is 5.97 Å². The highest BCUT2D eigenvalue weighted by Gasteiger charge is 2.11. The molecule has 0 amide bonds. The molecule has 1 aromatic carbocycles. The van der Waals surface area contributed by atoms with Crippen LogP contribution in [0.25, 0.3) is 0 Å². The fraction of sp³-hybridized carbons (Fsp3) is 0.222. The molecule has 0 saturated carbocycles. The molecule has 3 nitrogen and oxygen atoms in total. The van der Waals surface area contributed by atoms with E-state index in [1.54, 1.807) is 0 Å². The summed E-state index contributed by atoms with van der Waals surface area (Å²) in [6, 6.07) is 3.86. The van der Waals surface area contributed by atoms with E-state index in [2.05, 4.69) is 4.74 Å². The van der Waals surface area contributed by atoms with E-state index in [0.29, 0.717) is 5.56 Å². The van der Waals surface area contributed by atoms with E-state index in [9.17, 15) is 9.18 Å². The van der Waals surface area contributed by atoms with Gasteiger partial charge in [0.05, 0.1) is 19.3 Å². The molecule has 70 valence electrons. The molecule has 0 aliphatic heterocycles. The van der Waals surface area contributed by atoms with Crippen molar-refractivity contribution in [3.05, 3.63) is 35.1 Å². The number of ether oxygens (including phenoxy) is 1. The van der Waals surface area contributed by atoms with Gasteiger partial charge < -0.3 is 9.84 Å². The molecule has 0 heterocycles. The van der Waals surface area contributed by atoms with Crippen LogP contribution in [0.4, 0.5) is 4.39 Å². The van der Waals surface area contributed by atoms with Gasteiger partial charge in [-0.1, -0.05) is 6.07 Å². The number of benzene rings is 1. The quantitative estimate of drug-likeness (QED) is 0.700. The van der Waals surface area contributed by atoms with Gasteiger partial charge in [0.2, 0.25) is 0 Å². The highest BCUT2D eigenvalue weighted by molar-refractivity contribution is 5.89. The zero-order valence-corrected chi connectivity index (χ0v) is 7.08. The Labute approximate surface area is 74.8 Å². The van der Waals surface area contributed by atoms with Crippen molar-refractivity contribution in [3.63, 3.8) is 0 Å². The Bertz CT molecular complexity index is 323. The van der Waals surface area contributed by atoms with Gasteiger partial charge in [-0.3, -0.25) is 0 Å². The smallest absolute Gasteiger partial charge is 0.340 e. The maximum Gasteiger partial charge on any atom is 0.340 e. The molecular formula is C9H9FO3. The molecule has 0 radical (unpaired) electrons. The minimum atomic E-state index is -0.720. The van der Waals surface area contributed by atoms with Crippen LogP contribution >= 0.6 is 0 Å². The SMILES string of the molecule is COC(=O)c1ccc(CO)cc1F. The monoisotopic (exact) mass is 184 g/mol. The van der Waals surface area contributed by atoms with E-state index < -0.39 is 11.8 Å². The van der Waals surface area contributed by atoms with Crippen LogP contribution in [-0.2, 0) is 11.3 Å². The number of hydrogen-bond donors (Lipinski definition) is 1. The number of carbonyl (C=O) groups is 1. The number of esters is 1. The van der Waals surface area contributed by atoms with Gasteiger partial charge in [0, 0.05) is 0 Å². The van der Waals surface area contributed by atoms with Crippen LogP contribution < -0.4 is 0 Å². The maximum absolute atomic E-state index is 13.1. The molecule has 0 fully saturated rings. The van der Waals surface area contributed by atoms with Crippen molar-refractivity contribution in [2.45, 2.75) is 6.61 Å². The average molecular weight is 184 g/mol. The molecule has 1 rings (SSSR count). The Hall–Kier alpha value is -1.42. The summed E-state index contributed by atoms with van der Waals surface area (Å²) in [5, 5.41) is 8.67. The van der Waals surface area contributed by atoms with Crippen LogP contribution in [0.1, 0.15) is 15.9 Å². The van der Waals surface area contributed by atoms with Gasteiger partial charge in [-0.15, -0.1) is 0 Å². The number of halogens is 1. The van der Waals surface area contributed by atoms with Crippen LogP contribution in [0.15, 0.2) is 18.2 Å². The van der Waals surface area contributed by atoms with Crippen molar-refractivity contribution in [3.8, 4) is 0 Å². The molecule has 0 spiro atoms. The van der Waals surface area contributed by atoms with Crippen molar-refractivity contribution in [2.24, 2.45) is 0 Å². The molecular weight excluding hydrogens is 175 g/mol. The minimum absolute atomic E-state index is 0.125. The average Bonchev–Trinajstić information content (AvgIpc) is 2.16. The van der Waals surface area contributed by atoms with Gasteiger partial charge in [0.25, 0.3) is 0 Å². The first kappa shape index (κ1) is 9.67. The fourth-order valence-corrected chi connectivity index (χ4v) is 0.932. The number of hydrogen-bond acceptors (Lipinski definition) is 3. The van der Waals surface area contributed by atoms with Crippen molar-refractivity contribution in [1.29, 1.82) is 0 Å². The van der Waals surface area contributed by atoms with E-state index in [1.165, 1.54) is 19.2 Å². The maximum atomic E-state index is 13.1. The number of aliphatic hydroxyl groups is 1. The molecule has 1 N–H and O–H groups in total. The molecule has 0 aliphatic carbocycles. The molecule has 1 aromatic rings. The summed E-state index contributed by atoms with van der Waals surface area (Å²) < 4.78 is 17.4. The number of carbonyl (C=O) groups excluding carboxylic acids is 1. The summed E-state index contributed by atoms with van der Waals surface area (Å²) in [5.41, 5.74) is 0.296. The largest absolute Gasteiger partial charge is 0.465 e. The zero-order valence-electron chi connectivity index (χ0n) is 7.08. The Kier molecular flexibility index (Phi) is 2.97. The molecule has 0 aromatic heterocycles. The van der Waals surface area contributed by atoms with E-state index >= 15 is 0 Å². The predicted octanol–water partition coefficient (Wildman–Crippen LogP) is 1.10. The Morgan fingerprint density at radius 1 is 1.62 bits per heavy atom. The normalized spacial score (nSPS) is 9.77. The first-order valence-corrected chi connectivity index (χ1v) is 3.66. The number of methoxy groups -OCH3 is 1. The van der Waals surface area contributed by atoms with Crippen LogP contribution in [-0.4, -0.2) is 18.2 Å². The first-order chi connectivity index (χ1) is 6.19. The molecule has 13 heavy (non-hydrogen) atoms. The highest BCUT2D eigenvalue weighted by atomic mass is 19.1. The molecule has 0 bridgehead atoms. The second-order valence-electron chi connectivity index (χ2n) is 2.46. The van der Waals surface area contributed by atoms with E-state index in [4.69, 9.17) is 5.11 Å². The third-order valence-corrected chi connectivity index (χ3v) is 1.62. The summed E-state index contributed by atoms with van der Waals surface area (Å²) in [4.78, 5) is 10.9. The third-order valence-electron chi connectivity index (χ3n) is 1.62. The molecule has 0 aliphatic rings. The highest BCUT2D eigenvalue weighted by Crippen LogP contribution is 2.11. The summed E-state index contributed by atoms with van der Waals surface area (Å²) in [6.45, 7) is -0.252. The lowest BCUT2D eigenvalue weighted by atomic mass is 10.1. The van der Waals surface area contributed by atoms with Crippen LogP contribution in [0, 0.1) is 5.82 Å². The van der Waals surface area contributed by atoms with Gasteiger partial charge in [-0.05, 0) is 17.7 Å². The van der Waals surface area contributed by atoms with Crippen molar-refractivity contribution in [1.82, 2.24) is 0 Å². The Morgan fingerprint density at radius 2 is 2.31 bits per heavy atom. The van der Waals surface area contributed by atoms with E-state index in [-0.39, 0.29) is 12.2 Å². The third kappa shape index (κ3) is 2.03. The lowest BCUT2D eigenvalue weighted by Gasteiger charge is -2.02. The minimum Gasteiger partial charge on any atom is -0.465 e. The van der Waals surface area contributed by atoms with Crippen molar-refractivity contribution >= 4 is 5.97 Å². The lowest BCUT2D eigenvalue weighted by molar-refractivity contribution is 0.0595. The van der Waals surface area contributed by atoms with Crippen molar-refractivity contribution in [2.75, 3.05) is 7.11 Å². The van der Waals surface area contributed by atoms with E-state index in [0.717, 1.165) is 6.07 Å². The zero-order chi connectivity index (χ0) is 9.84. The van der Waals surface area contributed by atoms with E-state index in [1.807, 2.05) is 0 Å². The van der Waals surface area contributed by atoms with Crippen LogP contribution in [0.2, 0.25) is 0 Å². The number of aliphatic hydroxyl groups excluding tert-OH is 1.